The standard InChI is InChI=1S/C21H24N2O4.ClH/c22-17-11-19-20(26-13-25-19)12-18(17)23-21(24)9-8-14-4-3-7-16(10-14)27-15-5-1-2-6-15;/h3-4,7,10-12,15H,1-2,5-6,8-9,13,22H2,(H,23,24);1H. The van der Waals surface area contributed by atoms with Gasteiger partial charge in [0.1, 0.15) is 5.75 Å². The number of nitrogens with two attached hydrogens (primary N) is 1. The van der Waals surface area contributed by atoms with Gasteiger partial charge in [0.15, 0.2) is 11.5 Å². The number of anilines is 2. The van der Waals surface area contributed by atoms with Crippen LogP contribution in [0.25, 0.3) is 0 Å². The summed E-state index contributed by atoms with van der Waals surface area (Å²) in [5.41, 5.74) is 8.06. The Labute approximate surface area is 170 Å². The van der Waals surface area contributed by atoms with Crippen LogP contribution >= 0.6 is 12.4 Å². The normalized spacial score (nSPS) is 15.1. The molecule has 2 aromatic carbocycles. The Bertz CT molecular complexity index is 837. The molecule has 7 heteroatoms. The topological polar surface area (TPSA) is 82.8 Å². The zero-order valence-electron chi connectivity index (χ0n) is 15.6. The van der Waals surface area contributed by atoms with E-state index >= 15 is 0 Å². The van der Waals surface area contributed by atoms with Crippen LogP contribution in [0.5, 0.6) is 17.2 Å². The molecule has 0 unspecified atom stereocenters. The average molecular weight is 405 g/mol. The summed E-state index contributed by atoms with van der Waals surface area (Å²) in [5, 5.41) is 2.85. The molecule has 0 spiro atoms. The van der Waals surface area contributed by atoms with Crippen LogP contribution in [-0.4, -0.2) is 18.8 Å². The number of benzene rings is 2. The molecular weight excluding hydrogens is 380 g/mol. The van der Waals surface area contributed by atoms with Gasteiger partial charge in [0.25, 0.3) is 0 Å². The van der Waals surface area contributed by atoms with Crippen LogP contribution in [-0.2, 0) is 11.2 Å². The van der Waals surface area contributed by atoms with Gasteiger partial charge in [-0.2, -0.15) is 0 Å². The lowest BCUT2D eigenvalue weighted by molar-refractivity contribution is -0.116. The minimum Gasteiger partial charge on any atom is -0.490 e. The third-order valence-electron chi connectivity index (χ3n) is 4.96. The summed E-state index contributed by atoms with van der Waals surface area (Å²) in [4.78, 5) is 12.3. The van der Waals surface area contributed by atoms with Gasteiger partial charge in [-0.05, 0) is 49.8 Å². The molecule has 150 valence electrons. The van der Waals surface area contributed by atoms with E-state index in [1.165, 1.54) is 12.8 Å². The molecule has 28 heavy (non-hydrogen) atoms. The summed E-state index contributed by atoms with van der Waals surface area (Å²) in [6, 6.07) is 11.4. The van der Waals surface area contributed by atoms with Gasteiger partial charge in [-0.15, -0.1) is 12.4 Å². The lowest BCUT2D eigenvalue weighted by Gasteiger charge is -2.14. The van der Waals surface area contributed by atoms with Crippen molar-refractivity contribution in [2.24, 2.45) is 0 Å². The zero-order valence-corrected chi connectivity index (χ0v) is 16.4. The van der Waals surface area contributed by atoms with Crippen molar-refractivity contribution in [2.45, 2.75) is 44.6 Å². The number of fused-ring (bicyclic) bond motifs is 1. The monoisotopic (exact) mass is 404 g/mol. The van der Waals surface area contributed by atoms with Crippen molar-refractivity contribution in [1.29, 1.82) is 0 Å². The van der Waals surface area contributed by atoms with Gasteiger partial charge in [0.2, 0.25) is 12.7 Å². The first-order valence-corrected chi connectivity index (χ1v) is 9.42. The maximum absolute atomic E-state index is 12.3. The minimum atomic E-state index is -0.0947. The molecule has 0 saturated heterocycles. The molecule has 4 rings (SSSR count). The number of nitrogen functional groups attached to an aromatic ring is 1. The maximum atomic E-state index is 12.3. The van der Waals surface area contributed by atoms with Crippen LogP contribution in [0.4, 0.5) is 11.4 Å². The van der Waals surface area contributed by atoms with E-state index in [4.69, 9.17) is 19.9 Å². The van der Waals surface area contributed by atoms with E-state index in [2.05, 4.69) is 5.32 Å². The largest absolute Gasteiger partial charge is 0.490 e. The average Bonchev–Trinajstić information content (AvgIpc) is 3.32. The number of halogens is 1. The highest BCUT2D eigenvalue weighted by Crippen LogP contribution is 2.38. The molecule has 1 fully saturated rings. The van der Waals surface area contributed by atoms with Gasteiger partial charge in [0, 0.05) is 18.6 Å². The number of carbonyl (C=O) groups is 1. The zero-order chi connectivity index (χ0) is 18.6. The van der Waals surface area contributed by atoms with Gasteiger partial charge in [-0.3, -0.25) is 4.79 Å². The Morgan fingerprint density at radius 2 is 1.89 bits per heavy atom. The number of rotatable bonds is 6. The molecule has 2 aliphatic rings. The first-order chi connectivity index (χ1) is 13.2. The van der Waals surface area contributed by atoms with Gasteiger partial charge in [0.05, 0.1) is 17.5 Å². The first kappa shape index (κ1) is 20.1. The van der Waals surface area contributed by atoms with Crippen LogP contribution in [0.1, 0.15) is 37.7 Å². The first-order valence-electron chi connectivity index (χ1n) is 9.42. The molecule has 0 aromatic heterocycles. The van der Waals surface area contributed by atoms with E-state index in [9.17, 15) is 4.79 Å². The fraction of sp³-hybridized carbons (Fsp3) is 0.381. The van der Waals surface area contributed by atoms with Crippen molar-refractivity contribution in [2.75, 3.05) is 17.8 Å². The second kappa shape index (κ2) is 9.06. The summed E-state index contributed by atoms with van der Waals surface area (Å²) < 4.78 is 16.6. The number of ether oxygens (including phenoxy) is 3. The summed E-state index contributed by atoms with van der Waals surface area (Å²) >= 11 is 0. The van der Waals surface area contributed by atoms with Gasteiger partial charge in [-0.1, -0.05) is 12.1 Å². The highest BCUT2D eigenvalue weighted by atomic mass is 35.5. The summed E-state index contributed by atoms with van der Waals surface area (Å²) in [6.07, 6.45) is 6.07. The molecule has 0 atom stereocenters. The molecule has 2 aromatic rings. The maximum Gasteiger partial charge on any atom is 0.231 e. The van der Waals surface area contributed by atoms with Gasteiger partial charge in [-0.25, -0.2) is 0 Å². The van der Waals surface area contributed by atoms with E-state index < -0.39 is 0 Å². The van der Waals surface area contributed by atoms with E-state index in [-0.39, 0.29) is 25.1 Å². The van der Waals surface area contributed by atoms with E-state index in [0.717, 1.165) is 24.2 Å². The molecule has 1 saturated carbocycles. The quantitative estimate of drug-likeness (QED) is 0.701. The summed E-state index contributed by atoms with van der Waals surface area (Å²) in [7, 11) is 0. The molecule has 6 nitrogen and oxygen atoms in total. The molecule has 1 aliphatic carbocycles. The molecule has 1 heterocycles. The predicted molar refractivity (Wildman–Crippen MR) is 111 cm³/mol. The van der Waals surface area contributed by atoms with E-state index in [0.29, 0.717) is 41.8 Å². The van der Waals surface area contributed by atoms with Crippen LogP contribution in [0.15, 0.2) is 36.4 Å². The number of hydrogen-bond acceptors (Lipinski definition) is 5. The lowest BCUT2D eigenvalue weighted by atomic mass is 10.1. The van der Waals surface area contributed by atoms with Crippen molar-refractivity contribution in [3.8, 4) is 17.2 Å². The van der Waals surface area contributed by atoms with Gasteiger partial charge < -0.3 is 25.3 Å². The third kappa shape index (κ3) is 4.81. The molecule has 1 aliphatic heterocycles. The second-order valence-electron chi connectivity index (χ2n) is 7.01. The SMILES string of the molecule is Cl.Nc1cc2c(cc1NC(=O)CCc1cccc(OC3CCCC3)c1)OCO2. The van der Waals surface area contributed by atoms with E-state index in [1.807, 2.05) is 24.3 Å². The van der Waals surface area contributed by atoms with Crippen molar-refractivity contribution in [1.82, 2.24) is 0 Å². The number of carbonyl (C=O) groups excluding carboxylic acids is 1. The Balaban J connectivity index is 0.00000225. The Kier molecular flexibility index (Phi) is 6.52. The van der Waals surface area contributed by atoms with Crippen LogP contribution in [0, 0.1) is 0 Å². The van der Waals surface area contributed by atoms with Crippen LogP contribution < -0.4 is 25.3 Å². The van der Waals surface area contributed by atoms with Crippen molar-refractivity contribution < 1.29 is 19.0 Å². The van der Waals surface area contributed by atoms with Crippen LogP contribution in [0.3, 0.4) is 0 Å². The third-order valence-corrected chi connectivity index (χ3v) is 4.96. The summed E-state index contributed by atoms with van der Waals surface area (Å²) in [5.74, 6) is 1.99. The smallest absolute Gasteiger partial charge is 0.231 e. The summed E-state index contributed by atoms with van der Waals surface area (Å²) in [6.45, 7) is 0.172. The Morgan fingerprint density at radius 1 is 1.14 bits per heavy atom. The predicted octanol–water partition coefficient (Wildman–Crippen LogP) is 4.31. The second-order valence-corrected chi connectivity index (χ2v) is 7.01. The van der Waals surface area contributed by atoms with Crippen molar-refractivity contribution in [3.63, 3.8) is 0 Å². The number of aryl methyl sites for hydroxylation is 1. The van der Waals surface area contributed by atoms with E-state index in [1.54, 1.807) is 12.1 Å². The lowest BCUT2D eigenvalue weighted by Crippen LogP contribution is -2.14. The fourth-order valence-electron chi connectivity index (χ4n) is 3.51. The highest BCUT2D eigenvalue weighted by molar-refractivity contribution is 5.94. The fourth-order valence-corrected chi connectivity index (χ4v) is 3.51. The Morgan fingerprint density at radius 3 is 2.68 bits per heavy atom. The molecule has 0 bridgehead atoms. The highest BCUT2D eigenvalue weighted by Gasteiger charge is 2.18. The van der Waals surface area contributed by atoms with Gasteiger partial charge >= 0.3 is 0 Å². The number of amides is 1. The molecule has 1 amide bonds. The van der Waals surface area contributed by atoms with Crippen LogP contribution in [0.2, 0.25) is 0 Å². The Hall–Kier alpha value is -2.60. The minimum absolute atomic E-state index is 0. The molecular formula is C21H25ClN2O4. The molecule has 0 radical (unpaired) electrons. The number of hydrogen-bond donors (Lipinski definition) is 2. The van der Waals surface area contributed by atoms with Crippen molar-refractivity contribution >= 4 is 29.7 Å². The van der Waals surface area contributed by atoms with Crippen molar-refractivity contribution in [3.05, 3.63) is 42.0 Å². The molecule has 3 N–H and O–H groups in total. The number of nitrogens with one attached hydrogen (secondary N) is 1.